The maximum Gasteiger partial charge on any atom is 0.239 e. The maximum absolute atomic E-state index is 11.7. The van der Waals surface area contributed by atoms with Crippen LogP contribution >= 0.6 is 0 Å². The van der Waals surface area contributed by atoms with Crippen molar-refractivity contribution in [1.82, 2.24) is 25.1 Å². The molecule has 0 spiro atoms. The molecule has 0 aliphatic carbocycles. The first-order chi connectivity index (χ1) is 18.0. The Labute approximate surface area is 218 Å². The number of nitrogens with zero attached hydrogens (tertiary/aromatic N) is 5. The minimum absolute atomic E-state index is 0.0207. The average Bonchev–Trinajstić information content (AvgIpc) is 3.41. The minimum atomic E-state index is -0.449. The van der Waals surface area contributed by atoms with Crippen LogP contribution in [0.25, 0.3) is 0 Å². The molecule has 5 rings (SSSR count). The summed E-state index contributed by atoms with van der Waals surface area (Å²) in [6, 6.07) is 32.0. The van der Waals surface area contributed by atoms with Crippen molar-refractivity contribution >= 4 is 5.91 Å². The standard InChI is InChI=1S/C30H34N6O/c1-29(24-11-5-2-6-12-24,25-13-7-3-8-14-25)17-20-35-21-18-30(19-22-35,26-15-9-4-10-16-26)28-32-33-34-36(28)23-27(31)37/h2-16H,17-23H2,1H3,(H2,31,37). The molecule has 4 aromatic rings. The second-order valence-corrected chi connectivity index (χ2v) is 10.2. The molecule has 1 fully saturated rings. The SMILES string of the molecule is CC(CCN1CCC(c2ccccc2)(c2nnnn2CC(N)=O)CC1)(c1ccccc1)c1ccccc1. The quantitative estimate of drug-likeness (QED) is 0.381. The molecule has 190 valence electrons. The highest BCUT2D eigenvalue weighted by Gasteiger charge is 2.42. The first kappa shape index (κ1) is 24.8. The number of nitrogens with two attached hydrogens (primary N) is 1. The van der Waals surface area contributed by atoms with E-state index in [0.717, 1.165) is 44.7 Å². The van der Waals surface area contributed by atoms with Gasteiger partial charge in [-0.2, -0.15) is 0 Å². The van der Waals surface area contributed by atoms with Gasteiger partial charge in [-0.05, 0) is 66.0 Å². The van der Waals surface area contributed by atoms with E-state index in [1.807, 2.05) is 6.07 Å². The molecule has 7 nitrogen and oxygen atoms in total. The van der Waals surface area contributed by atoms with Gasteiger partial charge in [0.1, 0.15) is 6.54 Å². The number of tetrazole rings is 1. The Hall–Kier alpha value is -3.84. The molecule has 1 aliphatic heterocycles. The Bertz CT molecular complexity index is 1260. The van der Waals surface area contributed by atoms with Crippen molar-refractivity contribution in [3.8, 4) is 0 Å². The van der Waals surface area contributed by atoms with Crippen molar-refractivity contribution in [3.05, 3.63) is 114 Å². The van der Waals surface area contributed by atoms with Crippen molar-refractivity contribution in [1.29, 1.82) is 0 Å². The van der Waals surface area contributed by atoms with Crippen LogP contribution in [-0.4, -0.2) is 50.6 Å². The number of hydrogen-bond donors (Lipinski definition) is 1. The Morgan fingerprint density at radius 3 is 1.97 bits per heavy atom. The number of carbonyl (C=O) groups excluding carboxylic acids is 1. The summed E-state index contributed by atoms with van der Waals surface area (Å²) in [5, 5.41) is 12.4. The third-order valence-electron chi connectivity index (χ3n) is 8.05. The van der Waals surface area contributed by atoms with E-state index in [1.54, 1.807) is 4.68 Å². The Morgan fingerprint density at radius 1 is 0.892 bits per heavy atom. The maximum atomic E-state index is 11.7. The second kappa shape index (κ2) is 10.6. The van der Waals surface area contributed by atoms with Gasteiger partial charge in [0.2, 0.25) is 5.91 Å². The highest BCUT2D eigenvalue weighted by Crippen LogP contribution is 2.41. The number of amides is 1. The third kappa shape index (κ3) is 5.04. The summed E-state index contributed by atoms with van der Waals surface area (Å²) in [6.07, 6.45) is 2.74. The monoisotopic (exact) mass is 494 g/mol. The molecule has 0 radical (unpaired) electrons. The van der Waals surface area contributed by atoms with E-state index < -0.39 is 5.91 Å². The zero-order valence-corrected chi connectivity index (χ0v) is 21.3. The molecule has 7 heteroatoms. The summed E-state index contributed by atoms with van der Waals surface area (Å²) in [4.78, 5) is 14.3. The van der Waals surface area contributed by atoms with Crippen molar-refractivity contribution in [2.24, 2.45) is 5.73 Å². The van der Waals surface area contributed by atoms with Crippen LogP contribution < -0.4 is 5.73 Å². The molecule has 0 unspecified atom stereocenters. The number of likely N-dealkylation sites (tertiary alicyclic amines) is 1. The molecule has 1 saturated heterocycles. The highest BCUT2D eigenvalue weighted by molar-refractivity contribution is 5.73. The summed E-state index contributed by atoms with van der Waals surface area (Å²) >= 11 is 0. The lowest BCUT2D eigenvalue weighted by atomic mass is 9.71. The predicted molar refractivity (Wildman–Crippen MR) is 144 cm³/mol. The van der Waals surface area contributed by atoms with Crippen LogP contribution in [0.1, 0.15) is 48.7 Å². The first-order valence-corrected chi connectivity index (χ1v) is 13.0. The fourth-order valence-electron chi connectivity index (χ4n) is 5.81. The van der Waals surface area contributed by atoms with E-state index in [0.29, 0.717) is 0 Å². The number of piperidine rings is 1. The van der Waals surface area contributed by atoms with E-state index in [2.05, 4.69) is 112 Å². The smallest absolute Gasteiger partial charge is 0.239 e. The van der Waals surface area contributed by atoms with Gasteiger partial charge in [0.25, 0.3) is 0 Å². The first-order valence-electron chi connectivity index (χ1n) is 13.0. The third-order valence-corrected chi connectivity index (χ3v) is 8.05. The molecule has 0 atom stereocenters. The van der Waals surface area contributed by atoms with Crippen molar-refractivity contribution < 1.29 is 4.79 Å². The van der Waals surface area contributed by atoms with Crippen molar-refractivity contribution in [2.45, 2.75) is 43.6 Å². The molecule has 0 saturated carbocycles. The molecule has 2 N–H and O–H groups in total. The largest absolute Gasteiger partial charge is 0.368 e. The second-order valence-electron chi connectivity index (χ2n) is 10.2. The van der Waals surface area contributed by atoms with Gasteiger partial charge < -0.3 is 10.6 Å². The van der Waals surface area contributed by atoms with Crippen LogP contribution in [0, 0.1) is 0 Å². The number of rotatable bonds is 9. The number of aromatic nitrogens is 4. The van der Waals surface area contributed by atoms with Gasteiger partial charge >= 0.3 is 0 Å². The topological polar surface area (TPSA) is 89.9 Å². The van der Waals surface area contributed by atoms with Gasteiger partial charge in [-0.3, -0.25) is 4.79 Å². The van der Waals surface area contributed by atoms with Gasteiger partial charge in [0.15, 0.2) is 5.82 Å². The lowest BCUT2D eigenvalue weighted by Crippen LogP contribution is -2.46. The average molecular weight is 495 g/mol. The summed E-state index contributed by atoms with van der Waals surface area (Å²) in [5.41, 5.74) is 8.90. The number of carbonyl (C=O) groups is 1. The van der Waals surface area contributed by atoms with Crippen molar-refractivity contribution in [3.63, 3.8) is 0 Å². The number of primary amides is 1. The molecule has 3 aromatic carbocycles. The highest BCUT2D eigenvalue weighted by atomic mass is 16.1. The zero-order chi connectivity index (χ0) is 25.7. The van der Waals surface area contributed by atoms with Gasteiger partial charge in [0, 0.05) is 5.41 Å². The van der Waals surface area contributed by atoms with Crippen LogP contribution in [0.4, 0.5) is 0 Å². The summed E-state index contributed by atoms with van der Waals surface area (Å²) in [5.74, 6) is 0.269. The van der Waals surface area contributed by atoms with Crippen LogP contribution in [0.5, 0.6) is 0 Å². The zero-order valence-electron chi connectivity index (χ0n) is 21.3. The Kier molecular flexibility index (Phi) is 7.15. The van der Waals surface area contributed by atoms with E-state index in [1.165, 1.54) is 16.7 Å². The van der Waals surface area contributed by atoms with E-state index in [-0.39, 0.29) is 17.4 Å². The molecular weight excluding hydrogens is 460 g/mol. The minimum Gasteiger partial charge on any atom is -0.368 e. The van der Waals surface area contributed by atoms with Gasteiger partial charge in [-0.15, -0.1) is 5.10 Å². The van der Waals surface area contributed by atoms with E-state index >= 15 is 0 Å². The molecule has 1 amide bonds. The van der Waals surface area contributed by atoms with Crippen molar-refractivity contribution in [2.75, 3.05) is 19.6 Å². The van der Waals surface area contributed by atoms with Crippen LogP contribution in [0.2, 0.25) is 0 Å². The van der Waals surface area contributed by atoms with Gasteiger partial charge in [0.05, 0.1) is 5.41 Å². The molecule has 1 aliphatic rings. The summed E-state index contributed by atoms with van der Waals surface area (Å²) < 4.78 is 1.58. The normalized spacial score (nSPS) is 15.9. The van der Waals surface area contributed by atoms with E-state index in [4.69, 9.17) is 5.73 Å². The van der Waals surface area contributed by atoms with Gasteiger partial charge in [-0.25, -0.2) is 4.68 Å². The van der Waals surface area contributed by atoms with E-state index in [9.17, 15) is 4.79 Å². The predicted octanol–water partition coefficient (Wildman–Crippen LogP) is 3.94. The summed E-state index contributed by atoms with van der Waals surface area (Å²) in [6.45, 7) is 5.15. The lowest BCUT2D eigenvalue weighted by Gasteiger charge is -2.42. The molecule has 1 aromatic heterocycles. The molecule has 2 heterocycles. The molecule has 37 heavy (non-hydrogen) atoms. The van der Waals surface area contributed by atoms with Gasteiger partial charge in [-0.1, -0.05) is 97.9 Å². The van der Waals surface area contributed by atoms with Crippen LogP contribution in [0.3, 0.4) is 0 Å². The molecular formula is C30H34N6O. The number of hydrogen-bond acceptors (Lipinski definition) is 5. The van der Waals surface area contributed by atoms with Crippen LogP contribution in [-0.2, 0) is 22.2 Å². The lowest BCUT2D eigenvalue weighted by molar-refractivity contribution is -0.118. The Balaban J connectivity index is 1.37. The summed E-state index contributed by atoms with van der Waals surface area (Å²) in [7, 11) is 0. The molecule has 0 bridgehead atoms. The van der Waals surface area contributed by atoms with Crippen LogP contribution in [0.15, 0.2) is 91.0 Å². The fraction of sp³-hybridized carbons (Fsp3) is 0.333. The fourth-order valence-corrected chi connectivity index (χ4v) is 5.81. The number of benzene rings is 3. The Morgan fingerprint density at radius 2 is 1.43 bits per heavy atom.